The van der Waals surface area contributed by atoms with Gasteiger partial charge in [-0.2, -0.15) is 0 Å². The highest BCUT2D eigenvalue weighted by Gasteiger charge is 2.28. The van der Waals surface area contributed by atoms with E-state index in [1.165, 1.54) is 49.9 Å². The number of likely N-dealkylation sites (tertiary alicyclic amines) is 1. The summed E-state index contributed by atoms with van der Waals surface area (Å²) in [7, 11) is 0. The molecular formula is C23H36N2O2. The number of benzene rings is 1. The Morgan fingerprint density at radius 2 is 1.85 bits per heavy atom. The Morgan fingerprint density at radius 1 is 1.15 bits per heavy atom. The summed E-state index contributed by atoms with van der Waals surface area (Å²) in [6, 6.07) is 6.38. The highest BCUT2D eigenvalue weighted by molar-refractivity contribution is 5.76. The Bertz CT molecular complexity index is 602. The van der Waals surface area contributed by atoms with Gasteiger partial charge in [0.25, 0.3) is 0 Å². The SMILES string of the molecule is CCOc1ccc(CCCC(=O)N2CCC(C3CCNCC3)CC2)cc1C. The Kier molecular flexibility index (Phi) is 7.57. The van der Waals surface area contributed by atoms with E-state index in [0.717, 1.165) is 43.5 Å². The van der Waals surface area contributed by atoms with E-state index < -0.39 is 0 Å². The summed E-state index contributed by atoms with van der Waals surface area (Å²) in [5.41, 5.74) is 2.48. The zero-order chi connectivity index (χ0) is 19.1. The van der Waals surface area contributed by atoms with E-state index in [1.807, 2.05) is 6.92 Å². The van der Waals surface area contributed by atoms with E-state index in [9.17, 15) is 4.79 Å². The lowest BCUT2D eigenvalue weighted by Gasteiger charge is -2.37. The van der Waals surface area contributed by atoms with Crippen LogP contribution in [0.2, 0.25) is 0 Å². The summed E-state index contributed by atoms with van der Waals surface area (Å²) in [5.74, 6) is 3.03. The molecule has 150 valence electrons. The first kappa shape index (κ1) is 20.2. The second-order valence-corrected chi connectivity index (χ2v) is 8.19. The number of amides is 1. The van der Waals surface area contributed by atoms with Crippen LogP contribution >= 0.6 is 0 Å². The number of carbonyl (C=O) groups excluding carboxylic acids is 1. The molecule has 0 spiro atoms. The van der Waals surface area contributed by atoms with E-state index in [0.29, 0.717) is 18.9 Å². The molecule has 1 aromatic carbocycles. The van der Waals surface area contributed by atoms with E-state index in [-0.39, 0.29) is 0 Å². The molecule has 2 heterocycles. The van der Waals surface area contributed by atoms with Crippen LogP contribution in [-0.4, -0.2) is 43.6 Å². The second-order valence-electron chi connectivity index (χ2n) is 8.19. The van der Waals surface area contributed by atoms with Crippen molar-refractivity contribution in [3.8, 4) is 5.75 Å². The van der Waals surface area contributed by atoms with Crippen molar-refractivity contribution >= 4 is 5.91 Å². The van der Waals surface area contributed by atoms with Crippen molar-refractivity contribution in [2.75, 3.05) is 32.8 Å². The lowest BCUT2D eigenvalue weighted by atomic mass is 9.79. The van der Waals surface area contributed by atoms with Crippen molar-refractivity contribution < 1.29 is 9.53 Å². The molecule has 2 aliphatic heterocycles. The molecule has 1 N–H and O–H groups in total. The molecule has 0 atom stereocenters. The van der Waals surface area contributed by atoms with Crippen molar-refractivity contribution in [2.45, 2.75) is 58.8 Å². The summed E-state index contributed by atoms with van der Waals surface area (Å²) >= 11 is 0. The van der Waals surface area contributed by atoms with Crippen LogP contribution in [0.5, 0.6) is 5.75 Å². The summed E-state index contributed by atoms with van der Waals surface area (Å²) in [6.07, 6.45) is 7.61. The lowest BCUT2D eigenvalue weighted by molar-refractivity contribution is -0.133. The van der Waals surface area contributed by atoms with Gasteiger partial charge in [-0.1, -0.05) is 12.1 Å². The maximum absolute atomic E-state index is 12.6. The van der Waals surface area contributed by atoms with Crippen molar-refractivity contribution in [1.82, 2.24) is 10.2 Å². The third kappa shape index (κ3) is 5.71. The Labute approximate surface area is 164 Å². The minimum absolute atomic E-state index is 0.349. The summed E-state index contributed by atoms with van der Waals surface area (Å²) in [6.45, 7) is 9.08. The fourth-order valence-electron chi connectivity index (χ4n) is 4.72. The first-order valence-corrected chi connectivity index (χ1v) is 10.9. The first-order chi connectivity index (χ1) is 13.2. The van der Waals surface area contributed by atoms with Crippen LogP contribution < -0.4 is 10.1 Å². The van der Waals surface area contributed by atoms with Crippen LogP contribution in [0, 0.1) is 18.8 Å². The molecule has 0 aliphatic carbocycles. The van der Waals surface area contributed by atoms with Gasteiger partial charge in [0.15, 0.2) is 0 Å². The van der Waals surface area contributed by atoms with Crippen LogP contribution in [0.15, 0.2) is 18.2 Å². The number of carbonyl (C=O) groups is 1. The maximum atomic E-state index is 12.6. The van der Waals surface area contributed by atoms with Gasteiger partial charge < -0.3 is 15.0 Å². The molecule has 0 unspecified atom stereocenters. The number of hydrogen-bond donors (Lipinski definition) is 1. The molecule has 0 saturated carbocycles. The first-order valence-electron chi connectivity index (χ1n) is 10.9. The number of ether oxygens (including phenoxy) is 1. The molecule has 0 radical (unpaired) electrons. The van der Waals surface area contributed by atoms with Crippen LogP contribution in [-0.2, 0) is 11.2 Å². The standard InChI is InChI=1S/C23H36N2O2/c1-3-27-22-8-7-19(17-18(22)2)5-4-6-23(26)25-15-11-21(12-16-25)20-9-13-24-14-10-20/h7-8,17,20-21,24H,3-6,9-16H2,1-2H3. The molecule has 0 aromatic heterocycles. The van der Waals surface area contributed by atoms with Gasteiger partial charge in [-0.05, 0) is 94.5 Å². The summed E-state index contributed by atoms with van der Waals surface area (Å²) < 4.78 is 5.60. The highest BCUT2D eigenvalue weighted by atomic mass is 16.5. The van der Waals surface area contributed by atoms with Crippen LogP contribution in [0.4, 0.5) is 0 Å². The fraction of sp³-hybridized carbons (Fsp3) is 0.696. The zero-order valence-electron chi connectivity index (χ0n) is 17.1. The van der Waals surface area contributed by atoms with Gasteiger partial charge in [-0.15, -0.1) is 0 Å². The number of nitrogens with zero attached hydrogens (tertiary/aromatic N) is 1. The molecule has 2 aliphatic rings. The quantitative estimate of drug-likeness (QED) is 0.788. The molecule has 1 amide bonds. The maximum Gasteiger partial charge on any atom is 0.222 e. The Hall–Kier alpha value is -1.55. The number of piperidine rings is 2. The van der Waals surface area contributed by atoms with E-state index >= 15 is 0 Å². The van der Waals surface area contributed by atoms with Crippen molar-refractivity contribution in [3.05, 3.63) is 29.3 Å². The van der Waals surface area contributed by atoms with Crippen LogP contribution in [0.3, 0.4) is 0 Å². The van der Waals surface area contributed by atoms with Gasteiger partial charge in [-0.25, -0.2) is 0 Å². The molecule has 3 rings (SSSR count). The highest BCUT2D eigenvalue weighted by Crippen LogP contribution is 2.31. The minimum atomic E-state index is 0.349. The molecule has 27 heavy (non-hydrogen) atoms. The van der Waals surface area contributed by atoms with Gasteiger partial charge >= 0.3 is 0 Å². The van der Waals surface area contributed by atoms with Gasteiger partial charge in [0.2, 0.25) is 5.91 Å². The Balaban J connectivity index is 1.38. The third-order valence-corrected chi connectivity index (χ3v) is 6.34. The molecule has 1 aromatic rings. The topological polar surface area (TPSA) is 41.6 Å². The van der Waals surface area contributed by atoms with Crippen LogP contribution in [0.1, 0.15) is 56.6 Å². The molecular weight excluding hydrogens is 336 g/mol. The van der Waals surface area contributed by atoms with E-state index in [4.69, 9.17) is 4.74 Å². The largest absolute Gasteiger partial charge is 0.494 e. The monoisotopic (exact) mass is 372 g/mol. The molecule has 4 heteroatoms. The Morgan fingerprint density at radius 3 is 2.52 bits per heavy atom. The third-order valence-electron chi connectivity index (χ3n) is 6.34. The van der Waals surface area contributed by atoms with Crippen LogP contribution in [0.25, 0.3) is 0 Å². The van der Waals surface area contributed by atoms with E-state index in [2.05, 4.69) is 35.3 Å². The average molecular weight is 373 g/mol. The summed E-state index contributed by atoms with van der Waals surface area (Å²) in [5, 5.41) is 3.46. The second kappa shape index (κ2) is 10.1. The normalized spacial score (nSPS) is 19.3. The van der Waals surface area contributed by atoms with Crippen molar-refractivity contribution in [2.24, 2.45) is 11.8 Å². The minimum Gasteiger partial charge on any atom is -0.494 e. The zero-order valence-corrected chi connectivity index (χ0v) is 17.1. The number of aryl methyl sites for hydroxylation is 2. The van der Waals surface area contributed by atoms with Gasteiger partial charge in [0, 0.05) is 19.5 Å². The predicted molar refractivity (Wildman–Crippen MR) is 110 cm³/mol. The van der Waals surface area contributed by atoms with Gasteiger partial charge in [-0.3, -0.25) is 4.79 Å². The molecule has 0 bridgehead atoms. The predicted octanol–water partition coefficient (Wildman–Crippen LogP) is 3.95. The smallest absolute Gasteiger partial charge is 0.222 e. The van der Waals surface area contributed by atoms with Crippen molar-refractivity contribution in [1.29, 1.82) is 0 Å². The fourth-order valence-corrected chi connectivity index (χ4v) is 4.72. The lowest BCUT2D eigenvalue weighted by Crippen LogP contribution is -2.41. The summed E-state index contributed by atoms with van der Waals surface area (Å²) in [4.78, 5) is 14.7. The van der Waals surface area contributed by atoms with E-state index in [1.54, 1.807) is 0 Å². The van der Waals surface area contributed by atoms with Crippen molar-refractivity contribution in [3.63, 3.8) is 0 Å². The average Bonchev–Trinajstić information content (AvgIpc) is 2.71. The van der Waals surface area contributed by atoms with Gasteiger partial charge in [0.05, 0.1) is 6.61 Å². The molecule has 2 fully saturated rings. The number of nitrogens with one attached hydrogen (secondary N) is 1. The number of hydrogen-bond acceptors (Lipinski definition) is 3. The number of rotatable bonds is 7. The molecule has 4 nitrogen and oxygen atoms in total. The van der Waals surface area contributed by atoms with Gasteiger partial charge in [0.1, 0.15) is 5.75 Å². The molecule has 2 saturated heterocycles.